The molecule has 0 aromatic carbocycles. The van der Waals surface area contributed by atoms with E-state index in [2.05, 4.69) is 20.8 Å². The van der Waals surface area contributed by atoms with Crippen molar-refractivity contribution >= 4 is 45.8 Å². The number of nitrogens with one attached hydrogen (secondary N) is 2. The Balaban J connectivity index is 2.11. The van der Waals surface area contributed by atoms with Crippen molar-refractivity contribution in [1.82, 2.24) is 10.6 Å². The minimum Gasteiger partial charge on any atom is -0.358 e. The van der Waals surface area contributed by atoms with Crippen molar-refractivity contribution in [3.8, 4) is 0 Å². The lowest BCUT2D eigenvalue weighted by Gasteiger charge is -2.20. The molecule has 0 unspecified atom stereocenters. The Bertz CT molecular complexity index is 566. The third-order valence-corrected chi connectivity index (χ3v) is 4.63. The highest BCUT2D eigenvalue weighted by Crippen LogP contribution is 2.21. The van der Waals surface area contributed by atoms with Crippen LogP contribution >= 0.6 is 23.1 Å². The molecule has 0 saturated carbocycles. The quantitative estimate of drug-likeness (QED) is 0.650. The topological polar surface area (TPSA) is 82.9 Å². The van der Waals surface area contributed by atoms with Crippen molar-refractivity contribution in [2.75, 3.05) is 7.05 Å². The standard InChI is InChI=1S/C12H14N4O2S2/c1-7(8-4-3-5-19-8)15-16-12-14-10(17)6-9(20-12)11(18)13-2/h3-5,9H,6H2,1-2H3,(H,13,18)(H,14,16,17)/b15-7-/t9-/m1/s1. The first-order chi connectivity index (χ1) is 9.60. The van der Waals surface area contributed by atoms with Gasteiger partial charge >= 0.3 is 0 Å². The Morgan fingerprint density at radius 2 is 2.35 bits per heavy atom. The van der Waals surface area contributed by atoms with Crippen LogP contribution in [0.25, 0.3) is 0 Å². The van der Waals surface area contributed by atoms with Crippen LogP contribution in [0.15, 0.2) is 27.7 Å². The molecular formula is C12H14N4O2S2. The zero-order valence-electron chi connectivity index (χ0n) is 11.0. The number of carbonyl (C=O) groups excluding carboxylic acids is 2. The first kappa shape index (κ1) is 14.7. The molecule has 1 aromatic rings. The van der Waals surface area contributed by atoms with Gasteiger partial charge < -0.3 is 10.6 Å². The molecule has 2 N–H and O–H groups in total. The van der Waals surface area contributed by atoms with Gasteiger partial charge in [-0.1, -0.05) is 17.8 Å². The van der Waals surface area contributed by atoms with Crippen LogP contribution in [-0.2, 0) is 9.59 Å². The van der Waals surface area contributed by atoms with Crippen molar-refractivity contribution in [2.45, 2.75) is 18.6 Å². The SMILES string of the molecule is CNC(=O)[C@H]1CC(=O)N/C(=N/N=C(/C)c2cccs2)S1. The fourth-order valence-electron chi connectivity index (χ4n) is 1.55. The Labute approximate surface area is 124 Å². The van der Waals surface area contributed by atoms with Crippen LogP contribution in [0.3, 0.4) is 0 Å². The van der Waals surface area contributed by atoms with Crippen LogP contribution in [0, 0.1) is 0 Å². The Morgan fingerprint density at radius 3 is 3.00 bits per heavy atom. The highest BCUT2D eigenvalue weighted by Gasteiger charge is 2.29. The van der Waals surface area contributed by atoms with Crippen molar-refractivity contribution in [2.24, 2.45) is 10.2 Å². The molecule has 1 aliphatic rings. The predicted molar refractivity (Wildman–Crippen MR) is 82.2 cm³/mol. The monoisotopic (exact) mass is 310 g/mol. The summed E-state index contributed by atoms with van der Waals surface area (Å²) in [6.07, 6.45) is 0.150. The number of amides is 2. The maximum absolute atomic E-state index is 11.6. The van der Waals surface area contributed by atoms with E-state index >= 15 is 0 Å². The summed E-state index contributed by atoms with van der Waals surface area (Å²) in [6, 6.07) is 3.88. The zero-order chi connectivity index (χ0) is 14.5. The molecule has 1 atom stereocenters. The zero-order valence-corrected chi connectivity index (χ0v) is 12.7. The number of nitrogens with zero attached hydrogens (tertiary/aromatic N) is 2. The summed E-state index contributed by atoms with van der Waals surface area (Å²) in [5.41, 5.74) is 0.768. The summed E-state index contributed by atoms with van der Waals surface area (Å²) in [6.45, 7) is 1.85. The third kappa shape index (κ3) is 3.67. The molecule has 20 heavy (non-hydrogen) atoms. The smallest absolute Gasteiger partial charge is 0.233 e. The minimum absolute atomic E-state index is 0.150. The fraction of sp³-hybridized carbons (Fsp3) is 0.333. The molecule has 2 amide bonds. The van der Waals surface area contributed by atoms with E-state index in [-0.39, 0.29) is 18.2 Å². The normalized spacial score (nSPS) is 21.7. The van der Waals surface area contributed by atoms with Crippen LogP contribution in [0.2, 0.25) is 0 Å². The second kappa shape index (κ2) is 6.67. The van der Waals surface area contributed by atoms with E-state index < -0.39 is 5.25 Å². The van der Waals surface area contributed by atoms with Crippen molar-refractivity contribution in [1.29, 1.82) is 0 Å². The molecular weight excluding hydrogens is 296 g/mol. The molecule has 6 nitrogen and oxygen atoms in total. The molecule has 2 heterocycles. The number of thiophene rings is 1. The minimum atomic E-state index is -0.454. The molecule has 0 radical (unpaired) electrons. The molecule has 1 fully saturated rings. The Morgan fingerprint density at radius 1 is 1.55 bits per heavy atom. The first-order valence-electron chi connectivity index (χ1n) is 5.94. The summed E-state index contributed by atoms with van der Waals surface area (Å²) in [7, 11) is 1.55. The van der Waals surface area contributed by atoms with Crippen LogP contribution in [-0.4, -0.2) is 35.0 Å². The summed E-state index contributed by atoms with van der Waals surface area (Å²) in [4.78, 5) is 24.1. The maximum atomic E-state index is 11.6. The van der Waals surface area contributed by atoms with Crippen LogP contribution < -0.4 is 10.6 Å². The highest BCUT2D eigenvalue weighted by atomic mass is 32.2. The van der Waals surface area contributed by atoms with E-state index in [9.17, 15) is 9.59 Å². The van der Waals surface area contributed by atoms with Gasteiger partial charge in [0.05, 0.1) is 15.8 Å². The number of rotatable bonds is 3. The fourth-order valence-corrected chi connectivity index (χ4v) is 3.22. The molecule has 8 heteroatoms. The largest absolute Gasteiger partial charge is 0.358 e. The lowest BCUT2D eigenvalue weighted by molar-refractivity contribution is -0.125. The molecule has 1 aliphatic heterocycles. The second-order valence-electron chi connectivity index (χ2n) is 4.04. The van der Waals surface area contributed by atoms with Gasteiger partial charge in [0.2, 0.25) is 11.8 Å². The maximum Gasteiger partial charge on any atom is 0.233 e. The van der Waals surface area contributed by atoms with E-state index in [4.69, 9.17) is 0 Å². The molecule has 0 bridgehead atoms. The van der Waals surface area contributed by atoms with Gasteiger partial charge in [-0.15, -0.1) is 16.4 Å². The van der Waals surface area contributed by atoms with Crippen LogP contribution in [0.5, 0.6) is 0 Å². The molecule has 0 aliphatic carbocycles. The summed E-state index contributed by atoms with van der Waals surface area (Å²) in [5, 5.41) is 15.1. The number of hydrogen-bond donors (Lipinski definition) is 2. The number of hydrogen-bond acceptors (Lipinski definition) is 6. The molecule has 0 spiro atoms. The lowest BCUT2D eigenvalue weighted by atomic mass is 10.2. The summed E-state index contributed by atoms with van der Waals surface area (Å²) >= 11 is 2.78. The van der Waals surface area contributed by atoms with Gasteiger partial charge in [-0.2, -0.15) is 5.10 Å². The average Bonchev–Trinajstić information content (AvgIpc) is 2.97. The van der Waals surface area contributed by atoms with Gasteiger partial charge in [0.15, 0.2) is 5.17 Å². The molecule has 1 saturated heterocycles. The lowest BCUT2D eigenvalue weighted by Crippen LogP contribution is -2.43. The van der Waals surface area contributed by atoms with E-state index in [1.807, 2.05) is 24.4 Å². The summed E-state index contributed by atoms with van der Waals surface area (Å²) in [5.74, 6) is -0.406. The van der Waals surface area contributed by atoms with Gasteiger partial charge in [0.25, 0.3) is 0 Å². The summed E-state index contributed by atoms with van der Waals surface area (Å²) < 4.78 is 0. The van der Waals surface area contributed by atoms with Gasteiger partial charge in [-0.25, -0.2) is 0 Å². The van der Waals surface area contributed by atoms with E-state index in [1.54, 1.807) is 18.4 Å². The third-order valence-electron chi connectivity index (χ3n) is 2.58. The van der Waals surface area contributed by atoms with E-state index in [0.717, 1.165) is 10.6 Å². The second-order valence-corrected chi connectivity index (χ2v) is 6.18. The van der Waals surface area contributed by atoms with Crippen LogP contribution in [0.1, 0.15) is 18.2 Å². The Kier molecular flexibility index (Phi) is 4.91. The average molecular weight is 310 g/mol. The van der Waals surface area contributed by atoms with E-state index in [1.165, 1.54) is 11.8 Å². The highest BCUT2D eigenvalue weighted by molar-refractivity contribution is 8.15. The number of thioether (sulfide) groups is 1. The van der Waals surface area contributed by atoms with Gasteiger partial charge in [-0.3, -0.25) is 9.59 Å². The van der Waals surface area contributed by atoms with Gasteiger partial charge in [-0.05, 0) is 18.4 Å². The van der Waals surface area contributed by atoms with Gasteiger partial charge in [0, 0.05) is 13.5 Å². The van der Waals surface area contributed by atoms with Crippen molar-refractivity contribution in [3.05, 3.63) is 22.4 Å². The molecule has 106 valence electrons. The molecule has 2 rings (SSSR count). The first-order valence-corrected chi connectivity index (χ1v) is 7.70. The molecule has 1 aromatic heterocycles. The van der Waals surface area contributed by atoms with E-state index in [0.29, 0.717) is 5.17 Å². The van der Waals surface area contributed by atoms with Crippen molar-refractivity contribution in [3.63, 3.8) is 0 Å². The Hall–Kier alpha value is -1.67. The van der Waals surface area contributed by atoms with Crippen molar-refractivity contribution < 1.29 is 9.59 Å². The number of amidine groups is 1. The predicted octanol–water partition coefficient (Wildman–Crippen LogP) is 1.20. The van der Waals surface area contributed by atoms with Crippen LogP contribution in [0.4, 0.5) is 0 Å². The van der Waals surface area contributed by atoms with Gasteiger partial charge in [0.1, 0.15) is 0 Å². The number of carbonyl (C=O) groups is 2.